The second-order valence-corrected chi connectivity index (χ2v) is 9.45. The summed E-state index contributed by atoms with van der Waals surface area (Å²) in [7, 11) is 4.69. The summed E-state index contributed by atoms with van der Waals surface area (Å²) in [4.78, 5) is 29.5. The fraction of sp³-hybridized carbons (Fsp3) is 0.233. The zero-order valence-corrected chi connectivity index (χ0v) is 22.3. The Morgan fingerprint density at radius 3 is 2.15 bits per heavy atom. The van der Waals surface area contributed by atoms with Crippen LogP contribution in [-0.2, 0) is 17.9 Å². The second-order valence-electron chi connectivity index (χ2n) is 9.45. The minimum Gasteiger partial charge on any atom is -0.497 e. The molecule has 1 N–H and O–H groups in total. The molecule has 39 heavy (non-hydrogen) atoms. The van der Waals surface area contributed by atoms with E-state index in [9.17, 15) is 9.59 Å². The Balaban J connectivity index is 1.57. The van der Waals surface area contributed by atoms with Gasteiger partial charge in [-0.3, -0.25) is 19.2 Å². The van der Waals surface area contributed by atoms with Gasteiger partial charge in [0, 0.05) is 30.3 Å². The number of anilines is 1. The van der Waals surface area contributed by atoms with Crippen LogP contribution in [0.4, 0.5) is 5.69 Å². The van der Waals surface area contributed by atoms with Gasteiger partial charge in [-0.05, 0) is 42.8 Å². The third-order valence-corrected chi connectivity index (χ3v) is 6.92. The average Bonchev–Trinajstić information content (AvgIpc) is 3.40. The highest BCUT2D eigenvalue weighted by atomic mass is 16.5. The molecule has 1 atom stereocenters. The Morgan fingerprint density at radius 2 is 1.54 bits per heavy atom. The number of carbonyl (C=O) groups excluding carboxylic acids is 2. The van der Waals surface area contributed by atoms with Crippen LogP contribution in [-0.4, -0.2) is 48.5 Å². The molecule has 200 valence electrons. The third kappa shape index (κ3) is 4.90. The molecule has 1 aliphatic heterocycles. The minimum absolute atomic E-state index is 0.143. The number of carbonyl (C=O) groups is 2. The van der Waals surface area contributed by atoms with E-state index in [1.54, 1.807) is 57.2 Å². The molecular weight excluding hydrogens is 496 g/mol. The highest BCUT2D eigenvalue weighted by Gasteiger charge is 2.49. The molecule has 3 aromatic carbocycles. The van der Waals surface area contributed by atoms with Gasteiger partial charge in [-0.1, -0.05) is 30.3 Å². The molecule has 1 aliphatic rings. The number of methoxy groups -OCH3 is 3. The molecule has 0 aliphatic carbocycles. The molecule has 2 heterocycles. The zero-order chi connectivity index (χ0) is 27.6. The minimum atomic E-state index is -1.31. The van der Waals surface area contributed by atoms with Gasteiger partial charge < -0.3 is 19.5 Å². The Bertz CT molecular complexity index is 1480. The summed E-state index contributed by atoms with van der Waals surface area (Å²) >= 11 is 0. The topological polar surface area (TPSA) is 94.9 Å². The predicted octanol–water partition coefficient (Wildman–Crippen LogP) is 4.31. The standard InChI is InChI=1S/C30H30N4O5/c1-30(29(36)31-18-20-8-6-5-7-9-20)19-33-27(17-26(32-33)21-10-12-23(37-2)13-11-21)28(35)34(30)22-14-24(38-3)16-25(15-22)39-4/h5-17H,18-19H2,1-4H3,(H,31,36). The van der Waals surface area contributed by atoms with Crippen molar-refractivity contribution in [3.63, 3.8) is 0 Å². The zero-order valence-electron chi connectivity index (χ0n) is 22.3. The number of aromatic nitrogens is 2. The molecule has 0 bridgehead atoms. The molecular formula is C30H30N4O5. The number of hydrogen-bond donors (Lipinski definition) is 1. The molecule has 0 spiro atoms. The monoisotopic (exact) mass is 526 g/mol. The first-order chi connectivity index (χ1) is 18.9. The van der Waals surface area contributed by atoms with E-state index in [1.165, 1.54) is 4.90 Å². The van der Waals surface area contributed by atoms with Crippen LogP contribution in [0.5, 0.6) is 17.2 Å². The van der Waals surface area contributed by atoms with E-state index in [0.29, 0.717) is 35.1 Å². The maximum absolute atomic E-state index is 14.1. The number of amides is 2. The summed E-state index contributed by atoms with van der Waals surface area (Å²) in [5.41, 5.74) is 1.95. The number of nitrogens with zero attached hydrogens (tertiary/aromatic N) is 3. The van der Waals surface area contributed by atoms with E-state index < -0.39 is 5.54 Å². The lowest BCUT2D eigenvalue weighted by Gasteiger charge is -2.43. The molecule has 9 nitrogen and oxygen atoms in total. The van der Waals surface area contributed by atoms with Gasteiger partial charge in [-0.25, -0.2) is 0 Å². The number of rotatable bonds is 8. The van der Waals surface area contributed by atoms with Crippen LogP contribution in [0.2, 0.25) is 0 Å². The molecule has 0 fully saturated rings. The largest absolute Gasteiger partial charge is 0.497 e. The first-order valence-electron chi connectivity index (χ1n) is 12.5. The van der Waals surface area contributed by atoms with Crippen molar-refractivity contribution >= 4 is 17.5 Å². The van der Waals surface area contributed by atoms with Gasteiger partial charge in [0.15, 0.2) is 0 Å². The van der Waals surface area contributed by atoms with Crippen molar-refractivity contribution < 1.29 is 23.8 Å². The van der Waals surface area contributed by atoms with Crippen LogP contribution < -0.4 is 24.4 Å². The lowest BCUT2D eigenvalue weighted by atomic mass is 9.93. The Labute approximate surface area is 226 Å². The first kappa shape index (κ1) is 25.8. The summed E-state index contributed by atoms with van der Waals surface area (Å²) < 4.78 is 17.8. The summed E-state index contributed by atoms with van der Waals surface area (Å²) in [6.07, 6.45) is 0. The second kappa shape index (κ2) is 10.5. The number of fused-ring (bicyclic) bond motifs is 1. The van der Waals surface area contributed by atoms with Crippen molar-refractivity contribution in [3.8, 4) is 28.5 Å². The molecule has 0 radical (unpaired) electrons. The van der Waals surface area contributed by atoms with Crippen molar-refractivity contribution in [2.75, 3.05) is 26.2 Å². The Hall–Kier alpha value is -4.79. The van der Waals surface area contributed by atoms with E-state index >= 15 is 0 Å². The van der Waals surface area contributed by atoms with Gasteiger partial charge in [-0.15, -0.1) is 0 Å². The van der Waals surface area contributed by atoms with E-state index in [4.69, 9.17) is 19.3 Å². The van der Waals surface area contributed by atoms with Gasteiger partial charge in [0.25, 0.3) is 5.91 Å². The van der Waals surface area contributed by atoms with Gasteiger partial charge in [0.05, 0.1) is 39.3 Å². The van der Waals surface area contributed by atoms with Gasteiger partial charge >= 0.3 is 0 Å². The predicted molar refractivity (Wildman–Crippen MR) is 147 cm³/mol. The normalized spacial score (nSPS) is 16.4. The van der Waals surface area contributed by atoms with E-state index in [0.717, 1.165) is 16.9 Å². The molecule has 0 saturated heterocycles. The number of hydrogen-bond acceptors (Lipinski definition) is 6. The maximum Gasteiger partial charge on any atom is 0.277 e. The lowest BCUT2D eigenvalue weighted by molar-refractivity contribution is -0.126. The van der Waals surface area contributed by atoms with E-state index in [1.807, 2.05) is 54.6 Å². The smallest absolute Gasteiger partial charge is 0.277 e. The summed E-state index contributed by atoms with van der Waals surface area (Å²) in [6.45, 7) is 2.21. The molecule has 1 aromatic heterocycles. The van der Waals surface area contributed by atoms with Crippen LogP contribution in [0, 0.1) is 0 Å². The van der Waals surface area contributed by atoms with Gasteiger partial charge in [0.2, 0.25) is 5.91 Å². The molecule has 0 saturated carbocycles. The summed E-state index contributed by atoms with van der Waals surface area (Å²) in [5.74, 6) is 1.05. The quantitative estimate of drug-likeness (QED) is 0.368. The third-order valence-electron chi connectivity index (χ3n) is 6.92. The molecule has 2 amide bonds. The highest BCUT2D eigenvalue weighted by Crippen LogP contribution is 2.38. The van der Waals surface area contributed by atoms with E-state index in [2.05, 4.69) is 5.32 Å². The van der Waals surface area contributed by atoms with Gasteiger partial charge in [0.1, 0.15) is 28.5 Å². The van der Waals surface area contributed by atoms with Crippen molar-refractivity contribution in [1.82, 2.24) is 15.1 Å². The Kier molecular flexibility index (Phi) is 6.98. The van der Waals surface area contributed by atoms with Crippen molar-refractivity contribution in [2.24, 2.45) is 0 Å². The number of ether oxygens (including phenoxy) is 3. The lowest BCUT2D eigenvalue weighted by Crippen LogP contribution is -2.64. The van der Waals surface area contributed by atoms with Crippen molar-refractivity contribution in [3.05, 3.63) is 90.1 Å². The van der Waals surface area contributed by atoms with Crippen LogP contribution in [0.3, 0.4) is 0 Å². The SMILES string of the molecule is COc1ccc(-c2cc3n(n2)CC(C)(C(=O)NCc2ccccc2)N(c2cc(OC)cc(OC)c2)C3=O)cc1. The summed E-state index contributed by atoms with van der Waals surface area (Å²) in [6, 6.07) is 24.0. The number of benzene rings is 3. The van der Waals surface area contributed by atoms with E-state index in [-0.39, 0.29) is 18.4 Å². The highest BCUT2D eigenvalue weighted by molar-refractivity contribution is 6.12. The van der Waals surface area contributed by atoms with Crippen LogP contribution in [0.25, 0.3) is 11.3 Å². The van der Waals surface area contributed by atoms with Crippen LogP contribution in [0.1, 0.15) is 23.0 Å². The molecule has 9 heteroatoms. The van der Waals surface area contributed by atoms with Crippen molar-refractivity contribution in [1.29, 1.82) is 0 Å². The first-order valence-corrected chi connectivity index (χ1v) is 12.5. The molecule has 5 rings (SSSR count). The average molecular weight is 527 g/mol. The fourth-order valence-electron chi connectivity index (χ4n) is 4.78. The maximum atomic E-state index is 14.1. The fourth-order valence-corrected chi connectivity index (χ4v) is 4.78. The Morgan fingerprint density at radius 1 is 0.897 bits per heavy atom. The van der Waals surface area contributed by atoms with Crippen LogP contribution >= 0.6 is 0 Å². The van der Waals surface area contributed by atoms with Crippen molar-refractivity contribution in [2.45, 2.75) is 25.6 Å². The summed E-state index contributed by atoms with van der Waals surface area (Å²) in [5, 5.41) is 7.74. The van der Waals surface area contributed by atoms with Gasteiger partial charge in [-0.2, -0.15) is 5.10 Å². The molecule has 4 aromatic rings. The molecule has 1 unspecified atom stereocenters. The van der Waals surface area contributed by atoms with Crippen LogP contribution in [0.15, 0.2) is 78.9 Å². The number of nitrogens with one attached hydrogen (secondary N) is 1.